The molecule has 1 aromatic carbocycles. The fraction of sp³-hybridized carbons (Fsp3) is 0.556. The number of nitrogens with one attached hydrogen (secondary N) is 1. The second-order valence-electron chi connectivity index (χ2n) is 6.02. The molecule has 1 saturated heterocycles. The zero-order valence-corrected chi connectivity index (χ0v) is 12.8. The highest BCUT2D eigenvalue weighted by molar-refractivity contribution is 5.33. The highest BCUT2D eigenvalue weighted by Crippen LogP contribution is 2.41. The summed E-state index contributed by atoms with van der Waals surface area (Å²) in [6.07, 6.45) is 6.34. The Labute approximate surface area is 127 Å². The highest BCUT2D eigenvalue weighted by Gasteiger charge is 2.43. The molecule has 0 radical (unpaired) electrons. The summed E-state index contributed by atoms with van der Waals surface area (Å²) in [6.45, 7) is 2.52. The van der Waals surface area contributed by atoms with E-state index in [1.807, 2.05) is 6.26 Å². The van der Waals surface area contributed by atoms with Crippen LogP contribution in [-0.4, -0.2) is 32.9 Å². The molecule has 1 unspecified atom stereocenters. The summed E-state index contributed by atoms with van der Waals surface area (Å²) in [7, 11) is 2.07. The molecule has 21 heavy (non-hydrogen) atoms. The van der Waals surface area contributed by atoms with Crippen molar-refractivity contribution in [2.24, 2.45) is 0 Å². The normalized spacial score (nSPS) is 23.0. The molecule has 0 saturated carbocycles. The molecule has 0 amide bonds. The molecular formula is C18H25NO2. The number of hydrogen-bond acceptors (Lipinski definition) is 3. The Hall–Kier alpha value is -1.32. The minimum absolute atomic E-state index is 0.112. The number of benzene rings is 1. The van der Waals surface area contributed by atoms with Gasteiger partial charge in [0.25, 0.3) is 0 Å². The van der Waals surface area contributed by atoms with Gasteiger partial charge in [-0.15, -0.1) is 0 Å². The standard InChI is InChI=1S/C18H25NO2/c1-19-17(15-6-5-11-21-14-15)18(9-12-20-13-10-18)16-7-3-2-4-8-16/h2-4,7-8,14,17,19H,5-6,9-13H2,1H3. The first-order chi connectivity index (χ1) is 10.4. The van der Waals surface area contributed by atoms with Crippen LogP contribution in [0.25, 0.3) is 0 Å². The summed E-state index contributed by atoms with van der Waals surface area (Å²) in [5.74, 6) is 0. The monoisotopic (exact) mass is 287 g/mol. The van der Waals surface area contributed by atoms with E-state index in [9.17, 15) is 0 Å². The van der Waals surface area contributed by atoms with Crippen molar-refractivity contribution in [3.05, 3.63) is 47.7 Å². The lowest BCUT2D eigenvalue weighted by Gasteiger charge is -2.45. The predicted molar refractivity (Wildman–Crippen MR) is 84.3 cm³/mol. The maximum absolute atomic E-state index is 5.65. The van der Waals surface area contributed by atoms with Crippen LogP contribution >= 0.6 is 0 Å². The van der Waals surface area contributed by atoms with Crippen LogP contribution in [0.5, 0.6) is 0 Å². The van der Waals surface area contributed by atoms with Crippen LogP contribution in [0.1, 0.15) is 31.2 Å². The fourth-order valence-corrected chi connectivity index (χ4v) is 3.86. The quantitative estimate of drug-likeness (QED) is 0.923. The molecule has 0 aliphatic carbocycles. The number of likely N-dealkylation sites (N-methyl/N-ethyl adjacent to an activating group) is 1. The van der Waals surface area contributed by atoms with Gasteiger partial charge >= 0.3 is 0 Å². The Bertz CT molecular complexity index is 477. The van der Waals surface area contributed by atoms with E-state index in [-0.39, 0.29) is 5.41 Å². The molecule has 1 fully saturated rings. The van der Waals surface area contributed by atoms with Crippen LogP contribution in [0.2, 0.25) is 0 Å². The van der Waals surface area contributed by atoms with E-state index >= 15 is 0 Å². The maximum Gasteiger partial charge on any atom is 0.0876 e. The maximum atomic E-state index is 5.65. The van der Waals surface area contributed by atoms with Crippen molar-refractivity contribution in [2.45, 2.75) is 37.1 Å². The van der Waals surface area contributed by atoms with Crippen molar-refractivity contribution >= 4 is 0 Å². The Morgan fingerprint density at radius 1 is 1.10 bits per heavy atom. The van der Waals surface area contributed by atoms with Gasteiger partial charge in [-0.05, 0) is 43.9 Å². The minimum Gasteiger partial charge on any atom is -0.501 e. The van der Waals surface area contributed by atoms with Gasteiger partial charge in [-0.2, -0.15) is 0 Å². The smallest absolute Gasteiger partial charge is 0.0876 e. The summed E-state index contributed by atoms with van der Waals surface area (Å²) >= 11 is 0. The Balaban J connectivity index is 1.99. The average Bonchev–Trinajstić information content (AvgIpc) is 2.58. The molecule has 2 heterocycles. The van der Waals surface area contributed by atoms with Crippen LogP contribution in [0.4, 0.5) is 0 Å². The Morgan fingerprint density at radius 2 is 1.86 bits per heavy atom. The third kappa shape index (κ3) is 2.85. The summed E-state index contributed by atoms with van der Waals surface area (Å²) in [4.78, 5) is 0. The van der Waals surface area contributed by atoms with E-state index in [1.165, 1.54) is 11.1 Å². The van der Waals surface area contributed by atoms with Gasteiger partial charge in [0.1, 0.15) is 0 Å². The van der Waals surface area contributed by atoms with Crippen molar-refractivity contribution < 1.29 is 9.47 Å². The minimum atomic E-state index is 0.112. The lowest BCUT2D eigenvalue weighted by Crippen LogP contribution is -2.51. The molecule has 0 aromatic heterocycles. The van der Waals surface area contributed by atoms with Gasteiger partial charge in [0.05, 0.1) is 12.9 Å². The first kappa shape index (κ1) is 14.6. The van der Waals surface area contributed by atoms with Crippen LogP contribution in [0, 0.1) is 0 Å². The van der Waals surface area contributed by atoms with E-state index in [4.69, 9.17) is 9.47 Å². The topological polar surface area (TPSA) is 30.5 Å². The molecule has 114 valence electrons. The SMILES string of the molecule is CNC(C1=COCCC1)C1(c2ccccc2)CCOCC1. The first-order valence-corrected chi connectivity index (χ1v) is 7.98. The average molecular weight is 287 g/mol. The molecule has 2 aliphatic heterocycles. The van der Waals surface area contributed by atoms with Gasteiger partial charge in [-0.1, -0.05) is 30.3 Å². The fourth-order valence-electron chi connectivity index (χ4n) is 3.86. The van der Waals surface area contributed by atoms with E-state index in [0.717, 1.165) is 45.5 Å². The van der Waals surface area contributed by atoms with Crippen LogP contribution in [-0.2, 0) is 14.9 Å². The molecule has 3 rings (SSSR count). The zero-order valence-electron chi connectivity index (χ0n) is 12.8. The van der Waals surface area contributed by atoms with Gasteiger partial charge in [0.2, 0.25) is 0 Å². The van der Waals surface area contributed by atoms with Crippen LogP contribution in [0.15, 0.2) is 42.2 Å². The summed E-state index contributed by atoms with van der Waals surface area (Å²) in [6, 6.07) is 11.2. The molecule has 1 N–H and O–H groups in total. The van der Waals surface area contributed by atoms with E-state index in [1.54, 1.807) is 0 Å². The second-order valence-corrected chi connectivity index (χ2v) is 6.02. The van der Waals surface area contributed by atoms with Gasteiger partial charge in [0, 0.05) is 24.7 Å². The summed E-state index contributed by atoms with van der Waals surface area (Å²) in [5.41, 5.74) is 2.93. The van der Waals surface area contributed by atoms with Crippen molar-refractivity contribution in [3.63, 3.8) is 0 Å². The van der Waals surface area contributed by atoms with E-state index in [2.05, 4.69) is 42.7 Å². The predicted octanol–water partition coefficient (Wildman–Crippen LogP) is 3.02. The molecule has 1 aromatic rings. The van der Waals surface area contributed by atoms with Gasteiger partial charge in [-0.3, -0.25) is 0 Å². The van der Waals surface area contributed by atoms with Crippen LogP contribution < -0.4 is 5.32 Å². The van der Waals surface area contributed by atoms with Crippen molar-refractivity contribution in [3.8, 4) is 0 Å². The second kappa shape index (κ2) is 6.63. The summed E-state index contributed by atoms with van der Waals surface area (Å²) in [5, 5.41) is 3.58. The third-order valence-corrected chi connectivity index (χ3v) is 4.91. The van der Waals surface area contributed by atoms with Crippen molar-refractivity contribution in [2.75, 3.05) is 26.9 Å². The molecule has 0 bridgehead atoms. The van der Waals surface area contributed by atoms with Gasteiger partial charge in [-0.25, -0.2) is 0 Å². The Morgan fingerprint density at radius 3 is 2.48 bits per heavy atom. The molecule has 2 aliphatic rings. The van der Waals surface area contributed by atoms with E-state index in [0.29, 0.717) is 6.04 Å². The Kier molecular flexibility index (Phi) is 4.61. The lowest BCUT2D eigenvalue weighted by atomic mass is 9.66. The van der Waals surface area contributed by atoms with Gasteiger partial charge in [0.15, 0.2) is 0 Å². The van der Waals surface area contributed by atoms with Crippen LogP contribution in [0.3, 0.4) is 0 Å². The molecule has 3 nitrogen and oxygen atoms in total. The third-order valence-electron chi connectivity index (χ3n) is 4.91. The zero-order chi connectivity index (χ0) is 14.5. The molecular weight excluding hydrogens is 262 g/mol. The largest absolute Gasteiger partial charge is 0.501 e. The van der Waals surface area contributed by atoms with E-state index < -0.39 is 0 Å². The number of rotatable bonds is 4. The van der Waals surface area contributed by atoms with Gasteiger partial charge < -0.3 is 14.8 Å². The van der Waals surface area contributed by atoms with Crippen molar-refractivity contribution in [1.29, 1.82) is 0 Å². The highest BCUT2D eigenvalue weighted by atomic mass is 16.5. The number of hydrogen-bond donors (Lipinski definition) is 1. The van der Waals surface area contributed by atoms with Crippen molar-refractivity contribution in [1.82, 2.24) is 5.32 Å². The molecule has 3 heteroatoms. The lowest BCUT2D eigenvalue weighted by molar-refractivity contribution is 0.0387. The first-order valence-electron chi connectivity index (χ1n) is 7.98. The summed E-state index contributed by atoms with van der Waals surface area (Å²) < 4.78 is 11.3. The molecule has 0 spiro atoms. The molecule has 1 atom stereocenters. The number of ether oxygens (including phenoxy) is 2.